The number of hydrogen-bond donors (Lipinski definition) is 1. The van der Waals surface area contributed by atoms with Gasteiger partial charge in [-0.2, -0.15) is 0 Å². The summed E-state index contributed by atoms with van der Waals surface area (Å²) < 4.78 is 5.17. The Bertz CT molecular complexity index is 455. The second-order valence-corrected chi connectivity index (χ2v) is 4.28. The standard InChI is InChI=1S/C14H17NO3/c1-10-13(18-2)8-14(17)15(10)12(9-16)11-6-4-3-5-7-11/h3-8,10,12,16H,9H2,1-2H3/t10-,12+/m0/s1. The lowest BCUT2D eigenvalue weighted by Crippen LogP contribution is -2.38. The van der Waals surface area contributed by atoms with Gasteiger partial charge >= 0.3 is 0 Å². The van der Waals surface area contributed by atoms with E-state index in [1.165, 1.54) is 6.08 Å². The number of aliphatic hydroxyl groups is 1. The average molecular weight is 247 g/mol. The van der Waals surface area contributed by atoms with Crippen LogP contribution in [0.15, 0.2) is 42.2 Å². The maximum atomic E-state index is 12.0. The first kappa shape index (κ1) is 12.6. The predicted octanol–water partition coefficient (Wildman–Crippen LogP) is 1.48. The first-order chi connectivity index (χ1) is 8.69. The van der Waals surface area contributed by atoms with Crippen LogP contribution in [-0.2, 0) is 9.53 Å². The van der Waals surface area contributed by atoms with E-state index in [0.29, 0.717) is 5.76 Å². The first-order valence-corrected chi connectivity index (χ1v) is 5.92. The third kappa shape index (κ3) is 2.11. The zero-order valence-electron chi connectivity index (χ0n) is 10.5. The van der Waals surface area contributed by atoms with Gasteiger partial charge in [-0.15, -0.1) is 0 Å². The van der Waals surface area contributed by atoms with Crippen molar-refractivity contribution in [2.45, 2.75) is 19.0 Å². The van der Waals surface area contributed by atoms with Gasteiger partial charge in [-0.25, -0.2) is 0 Å². The third-order valence-corrected chi connectivity index (χ3v) is 3.28. The molecule has 4 nitrogen and oxygen atoms in total. The molecule has 0 fully saturated rings. The van der Waals surface area contributed by atoms with E-state index >= 15 is 0 Å². The van der Waals surface area contributed by atoms with Crippen LogP contribution in [0, 0.1) is 0 Å². The number of benzene rings is 1. The fourth-order valence-electron chi connectivity index (χ4n) is 2.33. The SMILES string of the molecule is COC1=CC(=O)N([C@H](CO)c2ccccc2)[C@H]1C. The minimum Gasteiger partial charge on any atom is -0.499 e. The molecule has 1 heterocycles. The molecule has 1 N–H and O–H groups in total. The molecule has 0 saturated carbocycles. The number of amides is 1. The molecular formula is C14H17NO3. The van der Waals surface area contributed by atoms with Gasteiger partial charge < -0.3 is 14.7 Å². The van der Waals surface area contributed by atoms with Crippen molar-refractivity contribution < 1.29 is 14.6 Å². The Morgan fingerprint density at radius 2 is 2.06 bits per heavy atom. The fraction of sp³-hybridized carbons (Fsp3) is 0.357. The largest absolute Gasteiger partial charge is 0.499 e. The summed E-state index contributed by atoms with van der Waals surface area (Å²) in [6.45, 7) is 1.79. The Morgan fingerprint density at radius 1 is 1.39 bits per heavy atom. The maximum absolute atomic E-state index is 12.0. The molecule has 96 valence electrons. The molecule has 1 amide bonds. The summed E-state index contributed by atoms with van der Waals surface area (Å²) >= 11 is 0. The molecule has 0 unspecified atom stereocenters. The Labute approximate surface area is 106 Å². The number of methoxy groups -OCH3 is 1. The number of aliphatic hydroxyl groups excluding tert-OH is 1. The number of rotatable bonds is 4. The van der Waals surface area contributed by atoms with Gasteiger partial charge in [0, 0.05) is 6.08 Å². The molecule has 1 aliphatic heterocycles. The number of nitrogens with zero attached hydrogens (tertiary/aromatic N) is 1. The molecule has 1 aromatic carbocycles. The highest BCUT2D eigenvalue weighted by Gasteiger charge is 2.35. The lowest BCUT2D eigenvalue weighted by atomic mass is 10.1. The molecule has 0 aromatic heterocycles. The smallest absolute Gasteiger partial charge is 0.251 e. The lowest BCUT2D eigenvalue weighted by Gasteiger charge is -2.31. The third-order valence-electron chi connectivity index (χ3n) is 3.28. The van der Waals surface area contributed by atoms with E-state index in [1.807, 2.05) is 37.3 Å². The van der Waals surface area contributed by atoms with E-state index in [1.54, 1.807) is 12.0 Å². The van der Waals surface area contributed by atoms with Crippen molar-refractivity contribution in [1.29, 1.82) is 0 Å². The van der Waals surface area contributed by atoms with Crippen LogP contribution in [0.4, 0.5) is 0 Å². The van der Waals surface area contributed by atoms with Gasteiger partial charge in [0.25, 0.3) is 5.91 Å². The summed E-state index contributed by atoms with van der Waals surface area (Å²) in [7, 11) is 1.55. The summed E-state index contributed by atoms with van der Waals surface area (Å²) in [6.07, 6.45) is 1.48. The monoisotopic (exact) mass is 247 g/mol. The van der Waals surface area contributed by atoms with E-state index in [4.69, 9.17) is 4.74 Å². The highest BCUT2D eigenvalue weighted by Crippen LogP contribution is 2.30. The van der Waals surface area contributed by atoms with Crippen molar-refractivity contribution in [3.05, 3.63) is 47.7 Å². The van der Waals surface area contributed by atoms with E-state index in [0.717, 1.165) is 5.56 Å². The first-order valence-electron chi connectivity index (χ1n) is 5.92. The Kier molecular flexibility index (Phi) is 3.67. The molecule has 0 aliphatic carbocycles. The van der Waals surface area contributed by atoms with Gasteiger partial charge in [-0.05, 0) is 12.5 Å². The Morgan fingerprint density at radius 3 is 2.56 bits per heavy atom. The molecule has 0 bridgehead atoms. The molecule has 1 aliphatic rings. The van der Waals surface area contributed by atoms with Crippen molar-refractivity contribution in [2.75, 3.05) is 13.7 Å². The molecule has 2 rings (SSSR count). The summed E-state index contributed by atoms with van der Waals surface area (Å²) in [5, 5.41) is 9.58. The average Bonchev–Trinajstić information content (AvgIpc) is 2.68. The quantitative estimate of drug-likeness (QED) is 0.876. The minimum absolute atomic E-state index is 0.106. The lowest BCUT2D eigenvalue weighted by molar-refractivity contribution is -0.129. The molecule has 1 aromatic rings. The molecule has 0 radical (unpaired) electrons. The Hall–Kier alpha value is -1.81. The van der Waals surface area contributed by atoms with E-state index < -0.39 is 0 Å². The van der Waals surface area contributed by atoms with E-state index in [-0.39, 0.29) is 24.6 Å². The van der Waals surface area contributed by atoms with Crippen LogP contribution in [0.3, 0.4) is 0 Å². The van der Waals surface area contributed by atoms with E-state index in [2.05, 4.69) is 0 Å². The molecule has 2 atom stereocenters. The van der Waals surface area contributed by atoms with Crippen LogP contribution in [0.25, 0.3) is 0 Å². The van der Waals surface area contributed by atoms with Crippen molar-refractivity contribution in [2.24, 2.45) is 0 Å². The number of ether oxygens (including phenoxy) is 1. The highest BCUT2D eigenvalue weighted by molar-refractivity contribution is 5.91. The summed E-state index contributed by atoms with van der Waals surface area (Å²) in [5.74, 6) is 0.511. The van der Waals surface area contributed by atoms with Crippen LogP contribution in [0.5, 0.6) is 0 Å². The summed E-state index contributed by atoms with van der Waals surface area (Å²) in [6, 6.07) is 9.03. The van der Waals surface area contributed by atoms with Crippen molar-refractivity contribution in [3.63, 3.8) is 0 Å². The Balaban J connectivity index is 2.28. The van der Waals surface area contributed by atoms with Gasteiger partial charge in [-0.3, -0.25) is 4.79 Å². The second-order valence-electron chi connectivity index (χ2n) is 4.28. The zero-order chi connectivity index (χ0) is 13.1. The van der Waals surface area contributed by atoms with Crippen LogP contribution in [0.2, 0.25) is 0 Å². The predicted molar refractivity (Wildman–Crippen MR) is 67.7 cm³/mol. The van der Waals surface area contributed by atoms with Gasteiger partial charge in [0.15, 0.2) is 0 Å². The van der Waals surface area contributed by atoms with E-state index in [9.17, 15) is 9.90 Å². The van der Waals surface area contributed by atoms with Gasteiger partial charge in [0.2, 0.25) is 0 Å². The number of carbonyl (C=O) groups excluding carboxylic acids is 1. The van der Waals surface area contributed by atoms with Crippen LogP contribution in [-0.4, -0.2) is 35.7 Å². The van der Waals surface area contributed by atoms with Crippen LogP contribution in [0.1, 0.15) is 18.5 Å². The summed E-state index contributed by atoms with van der Waals surface area (Å²) in [5.41, 5.74) is 0.922. The van der Waals surface area contributed by atoms with Crippen molar-refractivity contribution in [1.82, 2.24) is 4.90 Å². The second kappa shape index (κ2) is 5.23. The van der Waals surface area contributed by atoms with Gasteiger partial charge in [0.1, 0.15) is 5.76 Å². The van der Waals surface area contributed by atoms with Gasteiger partial charge in [-0.1, -0.05) is 30.3 Å². The minimum atomic E-state index is -0.336. The van der Waals surface area contributed by atoms with Crippen LogP contribution < -0.4 is 0 Å². The normalized spacial score (nSPS) is 20.8. The topological polar surface area (TPSA) is 49.8 Å². The zero-order valence-corrected chi connectivity index (χ0v) is 10.5. The maximum Gasteiger partial charge on any atom is 0.251 e. The highest BCUT2D eigenvalue weighted by atomic mass is 16.5. The number of hydrogen-bond acceptors (Lipinski definition) is 3. The molecule has 0 spiro atoms. The van der Waals surface area contributed by atoms with Crippen molar-refractivity contribution in [3.8, 4) is 0 Å². The van der Waals surface area contributed by atoms with Gasteiger partial charge in [0.05, 0.1) is 25.8 Å². The molecule has 0 saturated heterocycles. The number of carbonyl (C=O) groups is 1. The molecular weight excluding hydrogens is 230 g/mol. The summed E-state index contributed by atoms with van der Waals surface area (Å²) in [4.78, 5) is 13.6. The van der Waals surface area contributed by atoms with Crippen molar-refractivity contribution >= 4 is 5.91 Å². The molecule has 18 heavy (non-hydrogen) atoms. The molecule has 4 heteroatoms. The fourth-order valence-corrected chi connectivity index (χ4v) is 2.33. The van der Waals surface area contributed by atoms with Crippen LogP contribution >= 0.6 is 0 Å².